The first-order valence-electron chi connectivity index (χ1n) is 9.59. The van der Waals surface area contributed by atoms with Crippen LogP contribution < -0.4 is 16.1 Å². The summed E-state index contributed by atoms with van der Waals surface area (Å²) in [5, 5.41) is 14.4. The van der Waals surface area contributed by atoms with E-state index in [1.807, 2.05) is 36.5 Å². The van der Waals surface area contributed by atoms with Crippen molar-refractivity contribution in [3.63, 3.8) is 0 Å². The highest BCUT2D eigenvalue weighted by atomic mass is 16.6. The Balaban J connectivity index is 1.53. The van der Waals surface area contributed by atoms with Crippen molar-refractivity contribution in [2.75, 3.05) is 11.9 Å². The van der Waals surface area contributed by atoms with Gasteiger partial charge in [-0.2, -0.15) is 5.26 Å². The van der Waals surface area contributed by atoms with E-state index in [4.69, 9.17) is 10.1 Å². The quantitative estimate of drug-likeness (QED) is 0.135. The number of aliphatic imine (C=N–C) groups is 1. The molecular weight excluding hydrogens is 368 g/mol. The number of guanidine groups is 1. The number of rotatable bonds is 11. The van der Waals surface area contributed by atoms with Gasteiger partial charge in [-0.05, 0) is 30.5 Å². The van der Waals surface area contributed by atoms with Gasteiger partial charge in [-0.15, -0.1) is 0 Å². The molecule has 0 aliphatic rings. The van der Waals surface area contributed by atoms with Crippen molar-refractivity contribution in [3.05, 3.63) is 60.4 Å². The Kier molecular flexibility index (Phi) is 10.3. The van der Waals surface area contributed by atoms with E-state index in [2.05, 4.69) is 26.1 Å². The van der Waals surface area contributed by atoms with Crippen LogP contribution in [-0.4, -0.2) is 23.4 Å². The van der Waals surface area contributed by atoms with Gasteiger partial charge in [-0.1, -0.05) is 43.2 Å². The van der Waals surface area contributed by atoms with E-state index in [9.17, 15) is 4.79 Å². The fourth-order valence-electron chi connectivity index (χ4n) is 2.50. The van der Waals surface area contributed by atoms with Crippen LogP contribution in [0.1, 0.15) is 37.7 Å². The maximum atomic E-state index is 11.7. The number of aromatic nitrogens is 1. The average molecular weight is 394 g/mol. The zero-order chi connectivity index (χ0) is 20.6. The summed E-state index contributed by atoms with van der Waals surface area (Å²) in [6, 6.07) is 13.3. The molecule has 0 bridgehead atoms. The standard InChI is InChI=1S/C21H26N6O2/c22-17-25-21(26-19-11-14-23-15-12-19)24-13-7-2-1-6-10-20(28)27-29-16-18-8-4-3-5-9-18/h3-5,8-9,11-12,14-15H,1-2,6-7,10,13,16H2,(H,27,28)(H2,23,24,25,26). The van der Waals surface area contributed by atoms with Crippen molar-refractivity contribution in [2.45, 2.75) is 38.7 Å². The van der Waals surface area contributed by atoms with Crippen molar-refractivity contribution in [1.82, 2.24) is 15.8 Å². The van der Waals surface area contributed by atoms with Crippen LogP contribution in [0.3, 0.4) is 0 Å². The van der Waals surface area contributed by atoms with Crippen LogP contribution in [0.15, 0.2) is 59.9 Å². The van der Waals surface area contributed by atoms with E-state index in [1.54, 1.807) is 24.5 Å². The lowest BCUT2D eigenvalue weighted by Gasteiger charge is -2.07. The van der Waals surface area contributed by atoms with Crippen molar-refractivity contribution in [3.8, 4) is 6.19 Å². The Morgan fingerprint density at radius 3 is 2.59 bits per heavy atom. The summed E-state index contributed by atoms with van der Waals surface area (Å²) in [6.45, 7) is 0.950. The van der Waals surface area contributed by atoms with E-state index in [1.165, 1.54) is 0 Å². The van der Waals surface area contributed by atoms with E-state index >= 15 is 0 Å². The minimum absolute atomic E-state index is 0.110. The van der Waals surface area contributed by atoms with Gasteiger partial charge in [-0.3, -0.25) is 24.9 Å². The molecule has 0 fully saturated rings. The Morgan fingerprint density at radius 2 is 1.83 bits per heavy atom. The zero-order valence-electron chi connectivity index (χ0n) is 16.3. The second-order valence-corrected chi connectivity index (χ2v) is 6.29. The van der Waals surface area contributed by atoms with Crippen molar-refractivity contribution in [2.24, 2.45) is 4.99 Å². The van der Waals surface area contributed by atoms with E-state index in [-0.39, 0.29) is 5.91 Å². The molecule has 2 aromatic rings. The molecule has 0 saturated heterocycles. The first-order chi connectivity index (χ1) is 14.3. The Bertz CT molecular complexity index is 790. The molecular formula is C21H26N6O2. The SMILES string of the molecule is N#CNC(=NCCCCCCC(=O)NOCc1ccccc1)Nc1ccncc1. The molecule has 0 spiro atoms. The number of pyridine rings is 1. The smallest absolute Gasteiger partial charge is 0.243 e. The number of nitrogens with one attached hydrogen (secondary N) is 3. The molecule has 0 aliphatic heterocycles. The van der Waals surface area contributed by atoms with Crippen LogP contribution in [0.4, 0.5) is 5.69 Å². The van der Waals surface area contributed by atoms with Gasteiger partial charge in [0.2, 0.25) is 11.9 Å². The number of hydroxylamine groups is 1. The topological polar surface area (TPSA) is 111 Å². The molecule has 29 heavy (non-hydrogen) atoms. The van der Waals surface area contributed by atoms with Gasteiger partial charge in [0, 0.05) is 31.0 Å². The molecule has 1 heterocycles. The van der Waals surface area contributed by atoms with Gasteiger partial charge in [0.15, 0.2) is 6.19 Å². The Labute approximate surface area is 171 Å². The maximum Gasteiger partial charge on any atom is 0.243 e. The fourth-order valence-corrected chi connectivity index (χ4v) is 2.50. The summed E-state index contributed by atoms with van der Waals surface area (Å²) < 4.78 is 0. The normalized spacial score (nSPS) is 10.8. The highest BCUT2D eigenvalue weighted by molar-refractivity contribution is 5.94. The lowest BCUT2D eigenvalue weighted by Crippen LogP contribution is -2.27. The molecule has 0 aliphatic carbocycles. The molecule has 0 radical (unpaired) electrons. The number of nitrogens with zero attached hydrogens (tertiary/aromatic N) is 3. The van der Waals surface area contributed by atoms with E-state index < -0.39 is 0 Å². The summed E-state index contributed by atoms with van der Waals surface area (Å²) in [5.74, 6) is 0.301. The third-order valence-electron chi connectivity index (χ3n) is 3.97. The molecule has 1 amide bonds. The van der Waals surface area contributed by atoms with Crippen molar-refractivity contribution < 1.29 is 9.63 Å². The van der Waals surface area contributed by atoms with Crippen LogP contribution >= 0.6 is 0 Å². The number of unbranched alkanes of at least 4 members (excludes halogenated alkanes) is 3. The molecule has 1 aromatic carbocycles. The van der Waals surface area contributed by atoms with E-state index in [0.29, 0.717) is 25.5 Å². The van der Waals surface area contributed by atoms with Crippen LogP contribution in [0.5, 0.6) is 0 Å². The monoisotopic (exact) mass is 394 g/mol. The Morgan fingerprint density at radius 1 is 1.07 bits per heavy atom. The minimum atomic E-state index is -0.110. The number of carbonyl (C=O) groups excluding carboxylic acids is 1. The number of amides is 1. The second kappa shape index (κ2) is 13.7. The first-order valence-corrected chi connectivity index (χ1v) is 9.59. The molecule has 0 saturated carbocycles. The Hall–Kier alpha value is -3.44. The number of hydrogen-bond donors (Lipinski definition) is 3. The van der Waals surface area contributed by atoms with Crippen LogP contribution in [0, 0.1) is 11.5 Å². The lowest BCUT2D eigenvalue weighted by molar-refractivity contribution is -0.134. The van der Waals surface area contributed by atoms with Gasteiger partial charge < -0.3 is 5.32 Å². The summed E-state index contributed by atoms with van der Waals surface area (Å²) in [6.07, 6.45) is 9.19. The molecule has 3 N–H and O–H groups in total. The molecule has 2 rings (SSSR count). The number of nitriles is 1. The maximum absolute atomic E-state index is 11.7. The fraction of sp³-hybridized carbons (Fsp3) is 0.333. The predicted molar refractivity (Wildman–Crippen MR) is 111 cm³/mol. The number of anilines is 1. The summed E-state index contributed by atoms with van der Waals surface area (Å²) in [7, 11) is 0. The van der Waals surface area contributed by atoms with Gasteiger partial charge >= 0.3 is 0 Å². The van der Waals surface area contributed by atoms with Gasteiger partial charge in [-0.25, -0.2) is 5.48 Å². The molecule has 0 unspecified atom stereocenters. The van der Waals surface area contributed by atoms with Gasteiger partial charge in [0.05, 0.1) is 6.61 Å². The van der Waals surface area contributed by atoms with Crippen molar-refractivity contribution in [1.29, 1.82) is 5.26 Å². The molecule has 8 heteroatoms. The second-order valence-electron chi connectivity index (χ2n) is 6.29. The first kappa shape index (κ1) is 21.9. The molecule has 8 nitrogen and oxygen atoms in total. The number of carbonyl (C=O) groups is 1. The summed E-state index contributed by atoms with van der Waals surface area (Å²) >= 11 is 0. The van der Waals surface area contributed by atoms with E-state index in [0.717, 1.165) is 36.9 Å². The average Bonchev–Trinajstić information content (AvgIpc) is 2.74. The largest absolute Gasteiger partial charge is 0.325 e. The van der Waals surface area contributed by atoms with Crippen LogP contribution in [0.25, 0.3) is 0 Å². The molecule has 1 aromatic heterocycles. The molecule has 0 atom stereocenters. The van der Waals surface area contributed by atoms with Gasteiger partial charge in [0.25, 0.3) is 0 Å². The summed E-state index contributed by atoms with van der Waals surface area (Å²) in [4.78, 5) is 25.3. The third-order valence-corrected chi connectivity index (χ3v) is 3.97. The van der Waals surface area contributed by atoms with Crippen molar-refractivity contribution >= 4 is 17.6 Å². The predicted octanol–water partition coefficient (Wildman–Crippen LogP) is 3.12. The number of hydrogen-bond acceptors (Lipinski definition) is 5. The summed E-state index contributed by atoms with van der Waals surface area (Å²) in [5.41, 5.74) is 4.29. The van der Waals surface area contributed by atoms with Crippen LogP contribution in [-0.2, 0) is 16.2 Å². The number of benzene rings is 1. The third kappa shape index (κ3) is 9.89. The minimum Gasteiger partial charge on any atom is -0.325 e. The highest BCUT2D eigenvalue weighted by Crippen LogP contribution is 2.05. The highest BCUT2D eigenvalue weighted by Gasteiger charge is 2.02. The zero-order valence-corrected chi connectivity index (χ0v) is 16.3. The molecule has 152 valence electrons. The van der Waals surface area contributed by atoms with Crippen LogP contribution in [0.2, 0.25) is 0 Å². The van der Waals surface area contributed by atoms with Gasteiger partial charge in [0.1, 0.15) is 0 Å². The lowest BCUT2D eigenvalue weighted by atomic mass is 10.1.